The van der Waals surface area contributed by atoms with Gasteiger partial charge in [0.25, 0.3) is 0 Å². The van der Waals surface area contributed by atoms with Crippen LogP contribution in [-0.2, 0) is 13.7 Å². The summed E-state index contributed by atoms with van der Waals surface area (Å²) in [5.74, 6) is 0. The quantitative estimate of drug-likeness (QED) is 0.104. The number of carbonyl (C=O) groups excluding carboxylic acids is 2. The number of aliphatic imine (C=N–C) groups is 2. The summed E-state index contributed by atoms with van der Waals surface area (Å²) in [4.78, 5) is 29.5. The van der Waals surface area contributed by atoms with Crippen LogP contribution in [0.5, 0.6) is 0 Å². The Morgan fingerprint density at radius 2 is 0.769 bits per heavy atom. The minimum absolute atomic E-state index is 0.403. The Morgan fingerprint density at radius 1 is 0.487 bits per heavy atom. The normalized spacial score (nSPS) is 11.3. The van der Waals surface area contributed by atoms with Crippen molar-refractivity contribution in [2.45, 2.75) is 24.9 Å². The first-order valence-corrected chi connectivity index (χ1v) is 17.5. The summed E-state index contributed by atoms with van der Waals surface area (Å²) in [6, 6.07) is 43.6. The average Bonchev–Trinajstić information content (AvgIpc) is 3.02. The maximum atomic E-state index is 10.9. The molecule has 0 aliphatic heterocycles. The summed E-state index contributed by atoms with van der Waals surface area (Å²) in [5.41, 5.74) is 0. The second-order valence-corrected chi connectivity index (χ2v) is 16.8. The highest BCUT2D eigenvalue weighted by molar-refractivity contribution is 7.09. The summed E-state index contributed by atoms with van der Waals surface area (Å²) < 4.78 is 7.93. The third-order valence-corrected chi connectivity index (χ3v) is 17.0. The molecule has 0 aromatic heterocycles. The van der Waals surface area contributed by atoms with E-state index in [2.05, 4.69) is 107 Å². The van der Waals surface area contributed by atoms with Crippen LogP contribution in [0.25, 0.3) is 0 Å². The van der Waals surface area contributed by atoms with Crippen molar-refractivity contribution in [1.82, 2.24) is 0 Å². The maximum Gasteiger partial charge on any atom is 0.245 e. The van der Waals surface area contributed by atoms with E-state index in [4.69, 9.17) is 4.12 Å². The third kappa shape index (κ3) is 6.73. The summed E-state index contributed by atoms with van der Waals surface area (Å²) >= 11 is 0. The largest absolute Gasteiger partial charge is 0.442 e. The molecule has 0 radical (unpaired) electrons. The minimum Gasteiger partial charge on any atom is -0.442 e. The zero-order valence-electron chi connectivity index (χ0n) is 21.9. The lowest BCUT2D eigenvalue weighted by molar-refractivity contribution is 0.553. The van der Waals surface area contributed by atoms with E-state index in [0.29, 0.717) is 25.9 Å². The predicted octanol–water partition coefficient (Wildman–Crippen LogP) is 3.97. The smallest absolute Gasteiger partial charge is 0.245 e. The molecule has 0 amide bonds. The van der Waals surface area contributed by atoms with Crippen LogP contribution < -0.4 is 20.7 Å². The molecule has 196 valence electrons. The number of hydrogen-bond acceptors (Lipinski definition) is 5. The highest BCUT2D eigenvalue weighted by Gasteiger charge is 2.49. The highest BCUT2D eigenvalue weighted by atomic mass is 28.4. The zero-order chi connectivity index (χ0) is 27.2. The molecule has 4 aromatic rings. The Kier molecular flexibility index (Phi) is 10.3. The summed E-state index contributed by atoms with van der Waals surface area (Å²) in [6.45, 7) is 0.807. The number of hydrogen-bond donors (Lipinski definition) is 0. The Hall–Kier alpha value is -3.97. The van der Waals surface area contributed by atoms with Crippen LogP contribution in [0.2, 0.25) is 12.1 Å². The van der Waals surface area contributed by atoms with Crippen molar-refractivity contribution in [2.24, 2.45) is 9.98 Å². The molecule has 4 rings (SSSR count). The fraction of sp³-hybridized carbons (Fsp3) is 0.188. The summed E-state index contributed by atoms with van der Waals surface area (Å²) in [5, 5.41) is 4.73. The molecule has 0 N–H and O–H groups in total. The topological polar surface area (TPSA) is 68.1 Å². The van der Waals surface area contributed by atoms with Gasteiger partial charge >= 0.3 is 0 Å². The molecule has 4 aromatic carbocycles. The summed E-state index contributed by atoms with van der Waals surface area (Å²) in [7, 11) is -5.81. The Balaban J connectivity index is 1.98. The number of benzene rings is 4. The molecule has 7 heteroatoms. The fourth-order valence-electron chi connectivity index (χ4n) is 5.28. The van der Waals surface area contributed by atoms with Crippen LogP contribution in [0.4, 0.5) is 0 Å². The van der Waals surface area contributed by atoms with Gasteiger partial charge in [0.05, 0.1) is 13.1 Å². The van der Waals surface area contributed by atoms with E-state index >= 15 is 0 Å². The van der Waals surface area contributed by atoms with Crippen LogP contribution in [0.3, 0.4) is 0 Å². The van der Waals surface area contributed by atoms with Gasteiger partial charge < -0.3 is 4.12 Å². The van der Waals surface area contributed by atoms with Crippen molar-refractivity contribution >= 4 is 49.5 Å². The van der Waals surface area contributed by atoms with Gasteiger partial charge in [-0.25, -0.2) is 19.6 Å². The first kappa shape index (κ1) is 28.1. The molecule has 0 bridgehead atoms. The molecule has 0 aliphatic rings. The van der Waals surface area contributed by atoms with Gasteiger partial charge in [0.2, 0.25) is 28.8 Å². The van der Waals surface area contributed by atoms with Gasteiger partial charge in [-0.05, 0) is 45.7 Å². The second kappa shape index (κ2) is 14.3. The van der Waals surface area contributed by atoms with Gasteiger partial charge in [-0.3, -0.25) is 0 Å². The van der Waals surface area contributed by atoms with Crippen molar-refractivity contribution in [2.75, 3.05) is 13.1 Å². The fourth-order valence-corrected chi connectivity index (χ4v) is 16.4. The lowest BCUT2D eigenvalue weighted by atomic mass is 10.4. The van der Waals surface area contributed by atoms with E-state index in [9.17, 15) is 9.59 Å². The molecule has 0 aliphatic carbocycles. The van der Waals surface area contributed by atoms with Gasteiger partial charge in [-0.2, -0.15) is 0 Å². The lowest BCUT2D eigenvalue weighted by Gasteiger charge is -2.43. The van der Waals surface area contributed by atoms with E-state index < -0.39 is 16.6 Å². The molecule has 0 unspecified atom stereocenters. The highest BCUT2D eigenvalue weighted by Crippen LogP contribution is 2.26. The molecule has 0 saturated heterocycles. The first-order chi connectivity index (χ1) is 19.2. The second-order valence-electron chi connectivity index (χ2n) is 9.37. The molecule has 5 nitrogen and oxygen atoms in total. The van der Waals surface area contributed by atoms with Crippen molar-refractivity contribution in [3.05, 3.63) is 121 Å². The molecule has 0 fully saturated rings. The predicted molar refractivity (Wildman–Crippen MR) is 162 cm³/mol. The minimum atomic E-state index is -2.90. The van der Waals surface area contributed by atoms with Crippen molar-refractivity contribution in [3.8, 4) is 0 Å². The van der Waals surface area contributed by atoms with Crippen LogP contribution in [0.15, 0.2) is 131 Å². The molecule has 0 heterocycles. The van der Waals surface area contributed by atoms with Crippen molar-refractivity contribution < 1.29 is 13.7 Å². The number of rotatable bonds is 14. The molecule has 39 heavy (non-hydrogen) atoms. The molecule has 0 atom stereocenters. The van der Waals surface area contributed by atoms with E-state index in [0.717, 1.165) is 12.1 Å². The third-order valence-electron chi connectivity index (χ3n) is 7.04. The lowest BCUT2D eigenvalue weighted by Crippen LogP contribution is -2.72. The van der Waals surface area contributed by atoms with Crippen molar-refractivity contribution in [3.63, 3.8) is 0 Å². The summed E-state index contributed by atoms with van der Waals surface area (Å²) in [6.07, 6.45) is 4.79. The van der Waals surface area contributed by atoms with Crippen LogP contribution in [-0.4, -0.2) is 41.9 Å². The molecule has 0 spiro atoms. The number of isocyanates is 2. The monoisotopic (exact) mass is 548 g/mol. The van der Waals surface area contributed by atoms with Crippen LogP contribution in [0, 0.1) is 0 Å². The molecule has 0 saturated carbocycles. The standard InChI is InChI=1S/C32H32N2O3Si2/c35-27-33-23-13-25-38(29-15-5-1-6-16-29,30-17-7-2-8-18-30)37-39(26-14-24-34-28-36,31-19-9-3-10-20-31)32-21-11-4-12-22-32/h1-12,15-22H,13-14,23-26H2. The maximum absolute atomic E-state index is 10.9. The number of nitrogens with zero attached hydrogens (tertiary/aromatic N) is 2. The van der Waals surface area contributed by atoms with E-state index in [-0.39, 0.29) is 0 Å². The first-order valence-electron chi connectivity index (χ1n) is 13.2. The Labute approximate surface area is 232 Å². The van der Waals surface area contributed by atoms with E-state index in [1.165, 1.54) is 20.7 Å². The van der Waals surface area contributed by atoms with E-state index in [1.54, 1.807) is 12.2 Å². The van der Waals surface area contributed by atoms with Gasteiger partial charge in [-0.15, -0.1) is 0 Å². The zero-order valence-corrected chi connectivity index (χ0v) is 23.9. The average molecular weight is 549 g/mol. The van der Waals surface area contributed by atoms with Crippen LogP contribution >= 0.6 is 0 Å². The SMILES string of the molecule is O=C=NCCC[Si](O[Si](CCCN=C=O)(c1ccccc1)c1ccccc1)(c1ccccc1)c1ccccc1. The Morgan fingerprint density at radius 3 is 1.03 bits per heavy atom. The molecular weight excluding hydrogens is 517 g/mol. The van der Waals surface area contributed by atoms with Crippen molar-refractivity contribution in [1.29, 1.82) is 0 Å². The van der Waals surface area contributed by atoms with Gasteiger partial charge in [0.1, 0.15) is 0 Å². The van der Waals surface area contributed by atoms with Gasteiger partial charge in [-0.1, -0.05) is 121 Å². The van der Waals surface area contributed by atoms with Crippen LogP contribution in [0.1, 0.15) is 12.8 Å². The van der Waals surface area contributed by atoms with Gasteiger partial charge in [0, 0.05) is 0 Å². The van der Waals surface area contributed by atoms with E-state index in [1.807, 2.05) is 24.3 Å². The Bertz CT molecular complexity index is 1200. The molecular formula is C32H32N2O3Si2. The van der Waals surface area contributed by atoms with Gasteiger partial charge in [0.15, 0.2) is 0 Å².